The molecule has 5 heteroatoms. The fourth-order valence-corrected chi connectivity index (χ4v) is 2.10. The maximum absolute atomic E-state index is 11.8. The largest absolute Gasteiger partial charge is 0.399 e. The van der Waals surface area contributed by atoms with Crippen molar-refractivity contribution in [3.05, 3.63) is 28.2 Å². The summed E-state index contributed by atoms with van der Waals surface area (Å²) in [4.78, 5) is 11.8. The summed E-state index contributed by atoms with van der Waals surface area (Å²) >= 11 is 3.30. The quantitative estimate of drug-likeness (QED) is 0.556. The van der Waals surface area contributed by atoms with Crippen molar-refractivity contribution < 1.29 is 9.90 Å². The van der Waals surface area contributed by atoms with Gasteiger partial charge in [0, 0.05) is 28.9 Å². The van der Waals surface area contributed by atoms with E-state index in [2.05, 4.69) is 21.2 Å². The maximum Gasteiger partial charge on any atom is 0.251 e. The number of benzene rings is 1. The SMILES string of the molecule is CC(CO)CCCNC(=O)c1cc(N)cc(Br)c1. The van der Waals surface area contributed by atoms with E-state index < -0.39 is 0 Å². The molecule has 100 valence electrons. The van der Waals surface area contributed by atoms with Crippen LogP contribution in [-0.2, 0) is 0 Å². The molecule has 18 heavy (non-hydrogen) atoms. The molecule has 0 saturated carbocycles. The molecule has 0 spiro atoms. The summed E-state index contributed by atoms with van der Waals surface area (Å²) in [5.41, 5.74) is 6.78. The summed E-state index contributed by atoms with van der Waals surface area (Å²) in [5, 5.41) is 11.7. The van der Waals surface area contributed by atoms with Crippen molar-refractivity contribution >= 4 is 27.5 Å². The molecule has 4 nitrogen and oxygen atoms in total. The maximum atomic E-state index is 11.8. The van der Waals surface area contributed by atoms with Crippen LogP contribution in [0, 0.1) is 5.92 Å². The van der Waals surface area contributed by atoms with Gasteiger partial charge in [0.25, 0.3) is 5.91 Å². The van der Waals surface area contributed by atoms with E-state index in [4.69, 9.17) is 10.8 Å². The second-order valence-corrected chi connectivity index (χ2v) is 5.37. The van der Waals surface area contributed by atoms with Crippen LogP contribution in [0.2, 0.25) is 0 Å². The molecule has 0 aliphatic carbocycles. The number of aliphatic hydroxyl groups excluding tert-OH is 1. The lowest BCUT2D eigenvalue weighted by atomic mass is 10.1. The number of nitrogen functional groups attached to an aromatic ring is 1. The van der Waals surface area contributed by atoms with Crippen LogP contribution < -0.4 is 11.1 Å². The minimum atomic E-state index is -0.125. The van der Waals surface area contributed by atoms with Gasteiger partial charge < -0.3 is 16.2 Å². The van der Waals surface area contributed by atoms with Crippen LogP contribution in [0.15, 0.2) is 22.7 Å². The molecule has 1 amide bonds. The molecule has 0 radical (unpaired) electrons. The molecular formula is C13H19BrN2O2. The van der Waals surface area contributed by atoms with E-state index in [1.165, 1.54) is 0 Å². The highest BCUT2D eigenvalue weighted by Crippen LogP contribution is 2.17. The molecule has 1 atom stereocenters. The second kappa shape index (κ2) is 7.38. The average molecular weight is 315 g/mol. The first-order valence-electron chi connectivity index (χ1n) is 5.98. The van der Waals surface area contributed by atoms with Crippen molar-refractivity contribution in [2.24, 2.45) is 5.92 Å². The van der Waals surface area contributed by atoms with Crippen LogP contribution in [0.4, 0.5) is 5.69 Å². The number of halogens is 1. The lowest BCUT2D eigenvalue weighted by molar-refractivity contribution is 0.0952. The number of carbonyl (C=O) groups is 1. The van der Waals surface area contributed by atoms with Crippen molar-refractivity contribution in [1.82, 2.24) is 5.32 Å². The fourth-order valence-electron chi connectivity index (χ4n) is 1.59. The third-order valence-electron chi connectivity index (χ3n) is 2.65. The molecule has 0 fully saturated rings. The molecule has 0 aliphatic rings. The Kier molecular flexibility index (Phi) is 6.15. The number of anilines is 1. The predicted octanol–water partition coefficient (Wildman–Crippen LogP) is 2.17. The number of hydrogen-bond acceptors (Lipinski definition) is 3. The summed E-state index contributed by atoms with van der Waals surface area (Å²) in [6.45, 7) is 2.78. The normalized spacial score (nSPS) is 12.2. The van der Waals surface area contributed by atoms with Gasteiger partial charge in [0.2, 0.25) is 0 Å². The topological polar surface area (TPSA) is 75.3 Å². The average Bonchev–Trinajstić information content (AvgIpc) is 2.32. The van der Waals surface area contributed by atoms with Crippen LogP contribution in [-0.4, -0.2) is 24.2 Å². The zero-order chi connectivity index (χ0) is 13.5. The minimum Gasteiger partial charge on any atom is -0.399 e. The van der Waals surface area contributed by atoms with E-state index in [0.717, 1.165) is 17.3 Å². The van der Waals surface area contributed by atoms with Crippen molar-refractivity contribution in [2.75, 3.05) is 18.9 Å². The Morgan fingerprint density at radius 1 is 1.50 bits per heavy atom. The number of carbonyl (C=O) groups excluding carboxylic acids is 1. The van der Waals surface area contributed by atoms with E-state index in [9.17, 15) is 4.79 Å². The highest BCUT2D eigenvalue weighted by molar-refractivity contribution is 9.10. The molecule has 4 N–H and O–H groups in total. The summed E-state index contributed by atoms with van der Waals surface area (Å²) in [7, 11) is 0. The minimum absolute atomic E-state index is 0.125. The van der Waals surface area contributed by atoms with Crippen molar-refractivity contribution in [3.63, 3.8) is 0 Å². The molecule has 0 heterocycles. The van der Waals surface area contributed by atoms with E-state index in [1.54, 1.807) is 18.2 Å². The first-order valence-corrected chi connectivity index (χ1v) is 6.77. The second-order valence-electron chi connectivity index (χ2n) is 4.46. The van der Waals surface area contributed by atoms with Crippen molar-refractivity contribution in [1.29, 1.82) is 0 Å². The summed E-state index contributed by atoms with van der Waals surface area (Å²) in [6.07, 6.45) is 1.76. The molecular weight excluding hydrogens is 296 g/mol. The molecule has 1 aromatic rings. The molecule has 0 aliphatic heterocycles. The van der Waals surface area contributed by atoms with Gasteiger partial charge >= 0.3 is 0 Å². The zero-order valence-corrected chi connectivity index (χ0v) is 12.0. The van der Waals surface area contributed by atoms with Gasteiger partial charge in [-0.05, 0) is 37.0 Å². The van der Waals surface area contributed by atoms with Gasteiger partial charge in [-0.25, -0.2) is 0 Å². The lowest BCUT2D eigenvalue weighted by Crippen LogP contribution is -2.25. The third kappa shape index (κ3) is 5.06. The Labute approximate surface area is 116 Å². The van der Waals surface area contributed by atoms with E-state index in [1.807, 2.05) is 6.92 Å². The number of hydrogen-bond donors (Lipinski definition) is 3. The highest BCUT2D eigenvalue weighted by Gasteiger charge is 2.07. The molecule has 1 unspecified atom stereocenters. The van der Waals surface area contributed by atoms with Crippen LogP contribution in [0.3, 0.4) is 0 Å². The number of rotatable bonds is 6. The summed E-state index contributed by atoms with van der Waals surface area (Å²) in [6, 6.07) is 5.14. The zero-order valence-electron chi connectivity index (χ0n) is 10.4. The Morgan fingerprint density at radius 2 is 2.22 bits per heavy atom. The first-order chi connectivity index (χ1) is 8.52. The highest BCUT2D eigenvalue weighted by atomic mass is 79.9. The van der Waals surface area contributed by atoms with Gasteiger partial charge in [0.15, 0.2) is 0 Å². The third-order valence-corrected chi connectivity index (χ3v) is 3.11. The summed E-state index contributed by atoms with van der Waals surface area (Å²) in [5.74, 6) is 0.156. The smallest absolute Gasteiger partial charge is 0.251 e. The molecule has 1 rings (SSSR count). The fraction of sp³-hybridized carbons (Fsp3) is 0.462. The van der Waals surface area contributed by atoms with E-state index >= 15 is 0 Å². The molecule has 0 bridgehead atoms. The molecule has 0 saturated heterocycles. The van der Waals surface area contributed by atoms with Gasteiger partial charge in [-0.2, -0.15) is 0 Å². The van der Waals surface area contributed by atoms with Gasteiger partial charge in [0.1, 0.15) is 0 Å². The Bertz CT molecular complexity index is 390. The van der Waals surface area contributed by atoms with E-state index in [0.29, 0.717) is 17.8 Å². The van der Waals surface area contributed by atoms with E-state index in [-0.39, 0.29) is 18.4 Å². The van der Waals surface area contributed by atoms with Crippen LogP contribution in [0.5, 0.6) is 0 Å². The van der Waals surface area contributed by atoms with Crippen molar-refractivity contribution in [2.45, 2.75) is 19.8 Å². The molecule has 0 aromatic heterocycles. The number of aliphatic hydroxyl groups is 1. The monoisotopic (exact) mass is 314 g/mol. The Balaban J connectivity index is 2.41. The van der Waals surface area contributed by atoms with Crippen LogP contribution >= 0.6 is 15.9 Å². The standard InChI is InChI=1S/C13H19BrN2O2/c1-9(8-17)3-2-4-16-13(18)10-5-11(14)7-12(15)6-10/h5-7,9,17H,2-4,8,15H2,1H3,(H,16,18). The van der Waals surface area contributed by atoms with Gasteiger partial charge in [-0.15, -0.1) is 0 Å². The van der Waals surface area contributed by atoms with Gasteiger partial charge in [0.05, 0.1) is 0 Å². The van der Waals surface area contributed by atoms with Crippen LogP contribution in [0.1, 0.15) is 30.1 Å². The first kappa shape index (κ1) is 15.0. The number of amides is 1. The van der Waals surface area contributed by atoms with Crippen LogP contribution in [0.25, 0.3) is 0 Å². The predicted molar refractivity (Wildman–Crippen MR) is 76.4 cm³/mol. The Hall–Kier alpha value is -1.07. The number of nitrogens with one attached hydrogen (secondary N) is 1. The lowest BCUT2D eigenvalue weighted by Gasteiger charge is -2.09. The van der Waals surface area contributed by atoms with Gasteiger partial charge in [-0.1, -0.05) is 22.9 Å². The Morgan fingerprint density at radius 3 is 2.83 bits per heavy atom. The molecule has 1 aromatic carbocycles. The summed E-state index contributed by atoms with van der Waals surface area (Å²) < 4.78 is 0.793. The number of nitrogens with two attached hydrogens (primary N) is 1. The van der Waals surface area contributed by atoms with Crippen molar-refractivity contribution in [3.8, 4) is 0 Å². The van der Waals surface area contributed by atoms with Gasteiger partial charge in [-0.3, -0.25) is 4.79 Å².